The number of hydrogen-bond acceptors (Lipinski definition) is 24. The van der Waals surface area contributed by atoms with Gasteiger partial charge in [0.15, 0.2) is 0 Å². The normalized spacial score (nSPS) is 22.8. The molecule has 0 amide bonds. The van der Waals surface area contributed by atoms with Crippen LogP contribution in [0.1, 0.15) is 41.0 Å². The van der Waals surface area contributed by atoms with E-state index in [0.29, 0.717) is 33.4 Å². The van der Waals surface area contributed by atoms with Gasteiger partial charge in [-0.2, -0.15) is 0 Å². The van der Waals surface area contributed by atoms with Gasteiger partial charge in [0.25, 0.3) is 40.1 Å². The van der Waals surface area contributed by atoms with E-state index in [1.54, 1.807) is 153 Å². The van der Waals surface area contributed by atoms with Crippen LogP contribution in [-0.2, 0) is 113 Å². The van der Waals surface area contributed by atoms with E-state index in [1.807, 2.05) is 24.3 Å². The first-order chi connectivity index (χ1) is 61.6. The molecule has 11 aliphatic rings. The third kappa shape index (κ3) is 17.8. The van der Waals surface area contributed by atoms with Crippen LogP contribution in [0.4, 0.5) is 0 Å². The molecular formula is C94H76N6O24S6. The summed E-state index contributed by atoms with van der Waals surface area (Å²) < 4.78 is 156. The van der Waals surface area contributed by atoms with Crippen molar-refractivity contribution in [3.05, 3.63) is 356 Å². The zero-order valence-corrected chi connectivity index (χ0v) is 73.8. The van der Waals surface area contributed by atoms with Gasteiger partial charge in [-0.3, -0.25) is 79.1 Å². The Hall–Kier alpha value is -14.3. The summed E-state index contributed by atoms with van der Waals surface area (Å²) >= 11 is 0. The van der Waals surface area contributed by atoms with E-state index >= 15 is 0 Å². The topological polar surface area (TPSA) is 431 Å². The van der Waals surface area contributed by atoms with E-state index in [4.69, 9.17) is 0 Å². The monoisotopic (exact) mass is 1860 g/mol. The number of nitrogens with zero attached hydrogens (tertiary/aromatic N) is 6. The lowest BCUT2D eigenvalue weighted by atomic mass is 9.82. The molecule has 0 saturated heterocycles. The first-order valence-corrected chi connectivity index (χ1v) is 49.1. The fourth-order valence-corrected chi connectivity index (χ4v) is 24.1. The van der Waals surface area contributed by atoms with Crippen molar-refractivity contribution >= 4 is 147 Å². The van der Waals surface area contributed by atoms with Gasteiger partial charge >= 0.3 is 0 Å². The molecule has 0 saturated carbocycles. The molecule has 6 aliphatic carbocycles. The number of carbonyl (C=O) groups excluding carboxylic acids is 12. The van der Waals surface area contributed by atoms with Gasteiger partial charge in [-0.25, -0.2) is 54.5 Å². The molecule has 8 aromatic rings. The first-order valence-electron chi connectivity index (χ1n) is 39.7. The molecule has 662 valence electrons. The Labute approximate surface area is 747 Å². The molecule has 0 N–H and O–H groups in total. The fraction of sp³-hybridized carbons (Fsp3) is 0.149. The summed E-state index contributed by atoms with van der Waals surface area (Å²) in [5, 5.41) is 0. The van der Waals surface area contributed by atoms with Crippen LogP contribution in [0.3, 0.4) is 0 Å². The second-order valence-electron chi connectivity index (χ2n) is 30.8. The molecule has 0 bridgehead atoms. The first kappa shape index (κ1) is 91.9. The van der Waals surface area contributed by atoms with Crippen molar-refractivity contribution in [3.63, 3.8) is 0 Å². The number of ketones is 12. The Kier molecular flexibility index (Phi) is 25.8. The summed E-state index contributed by atoms with van der Waals surface area (Å²) in [7, 11) is -22.1. The molecule has 0 radical (unpaired) electrons. The standard InChI is InChI=1S/C26H17NO4S.C20H15NO4S.C15H13NO4S.C14H11NO4S.C10H11NO4S.C9H9NO4S/c28-25-21(18-10-4-1-5-11-18)16-23-24(26(25)29)22(19-12-6-2-7-13-19)17-27(23)32(30,31)20-14-8-3-9-15-20;22-18-12-11-17-19(20(18)23)16(14-7-3-1-4-8-14)13-21(17)26(24,25)15-9-5-2-6-10-15;1-10-9-16(12-7-8-13(17)15(18)14(10)12)21(19,20)11-5-3-2-4-6-11;16-13-7-6-12-11(14(13)17)8-9-15(12)20(18,19)10-4-2-1-3-5-10;1-6-5-11(16(2,14)15)7-3-4-8(12)10(13)9(6)7;1-15(13,14)10-5-4-6-7(10)2-3-8(11)9(6)12/h1-17H;1-13,17,19H;2-9,12,14H,1H3;1-9,11-12H;3-5,7,9H,1-2H3;2-7H,1H3. The number of benzene rings is 7. The van der Waals surface area contributed by atoms with E-state index in [2.05, 4.69) is 0 Å². The summed E-state index contributed by atoms with van der Waals surface area (Å²) in [5.41, 5.74) is 4.53. The molecule has 10 unspecified atom stereocenters. The van der Waals surface area contributed by atoms with Crippen LogP contribution >= 0.6 is 0 Å². The van der Waals surface area contributed by atoms with Gasteiger partial charge < -0.3 is 0 Å². The van der Waals surface area contributed by atoms with Crippen LogP contribution < -0.4 is 0 Å². The number of fused-ring (bicyclic) bond motifs is 6. The van der Waals surface area contributed by atoms with Crippen molar-refractivity contribution in [1.82, 2.24) is 25.5 Å². The maximum absolute atomic E-state index is 13.5. The predicted octanol–water partition coefficient (Wildman–Crippen LogP) is 8.63. The summed E-state index contributed by atoms with van der Waals surface area (Å²) in [6.45, 7) is 3.33. The Balaban J connectivity index is 0.000000128. The molecular weight excluding hydrogens is 1790 g/mol. The number of aromatic nitrogens is 1. The highest BCUT2D eigenvalue weighted by Crippen LogP contribution is 2.44. The Morgan fingerprint density at radius 1 is 0.285 bits per heavy atom. The van der Waals surface area contributed by atoms with E-state index < -0.39 is 189 Å². The maximum Gasteiger partial charge on any atom is 0.268 e. The lowest BCUT2D eigenvalue weighted by molar-refractivity contribution is -0.136. The largest absolute Gasteiger partial charge is 0.290 e. The molecule has 10 atom stereocenters. The van der Waals surface area contributed by atoms with Gasteiger partial charge in [0.05, 0.1) is 103 Å². The van der Waals surface area contributed by atoms with Crippen LogP contribution in [0.5, 0.6) is 0 Å². The van der Waals surface area contributed by atoms with Crippen LogP contribution in [0.2, 0.25) is 0 Å². The zero-order chi connectivity index (χ0) is 93.4. The smallest absolute Gasteiger partial charge is 0.268 e. The third-order valence-electron chi connectivity index (χ3n) is 22.5. The van der Waals surface area contributed by atoms with Crippen LogP contribution in [-0.4, -0.2) is 188 Å². The highest BCUT2D eigenvalue weighted by Gasteiger charge is 2.51. The number of sulfonamides is 5. The summed E-state index contributed by atoms with van der Waals surface area (Å²) in [5.74, 6) is -10.6. The molecule has 36 heteroatoms. The molecule has 0 fully saturated rings. The van der Waals surface area contributed by atoms with Crippen LogP contribution in [0.25, 0.3) is 28.3 Å². The molecule has 130 heavy (non-hydrogen) atoms. The number of hydrogen-bond donors (Lipinski definition) is 0. The second kappa shape index (κ2) is 36.4. The molecule has 19 rings (SSSR count). The molecule has 30 nitrogen and oxygen atoms in total. The van der Waals surface area contributed by atoms with Crippen molar-refractivity contribution in [3.8, 4) is 11.1 Å². The van der Waals surface area contributed by atoms with Crippen molar-refractivity contribution in [1.29, 1.82) is 0 Å². The zero-order valence-electron chi connectivity index (χ0n) is 68.9. The van der Waals surface area contributed by atoms with Gasteiger partial charge in [0.2, 0.25) is 89.4 Å². The highest BCUT2D eigenvalue weighted by atomic mass is 32.2. The van der Waals surface area contributed by atoms with Gasteiger partial charge in [-0.1, -0.05) is 206 Å². The molecule has 1 aromatic heterocycles. The lowest BCUT2D eigenvalue weighted by Crippen LogP contribution is -2.42. The predicted molar refractivity (Wildman–Crippen MR) is 475 cm³/mol. The quantitative estimate of drug-likeness (QED) is 0.0974. The van der Waals surface area contributed by atoms with Crippen molar-refractivity contribution in [2.24, 2.45) is 29.6 Å². The number of allylic oxidation sites excluding steroid dienone is 6. The summed E-state index contributed by atoms with van der Waals surface area (Å²) in [4.78, 5) is 143. The van der Waals surface area contributed by atoms with E-state index in [-0.39, 0.29) is 36.4 Å². The van der Waals surface area contributed by atoms with E-state index in [1.165, 1.54) is 149 Å². The van der Waals surface area contributed by atoms with E-state index in [9.17, 15) is 108 Å². The van der Waals surface area contributed by atoms with Gasteiger partial charge in [-0.05, 0) is 132 Å². The summed E-state index contributed by atoms with van der Waals surface area (Å²) in [6, 6.07) is 55.7. The fourth-order valence-electron chi connectivity index (χ4n) is 16.2. The summed E-state index contributed by atoms with van der Waals surface area (Å²) in [6.07, 6.45) is 28.2. The number of carbonyl (C=O) groups is 12. The Bertz CT molecular complexity index is 7210. The third-order valence-corrected chi connectivity index (χ3v) is 31.8. The number of rotatable bonds is 13. The van der Waals surface area contributed by atoms with Crippen molar-refractivity contribution in [2.75, 3.05) is 12.5 Å². The SMILES string of the molecule is CC1=CN(S(=O)(=O)c2ccccc2)C2C=CC(=O)C(=O)C12.CC1=CN(S(C)(=O)=O)C2C=CC(=O)C(=O)C12.CS(=O)(=O)N1C=CC2C(=O)C(=O)C=CC21.O=C1C(=O)c2c(-c3ccccc3)cn(S(=O)(=O)c3ccccc3)c2C=C1c1ccccc1.O=C1C=CC2C(C1=O)C(c1ccccc1)=CN2S(=O)(=O)c1ccccc1.O=C1C=CC2C(C=CN2S(=O)(=O)c2ccccc2)C1=O. The van der Waals surface area contributed by atoms with Crippen molar-refractivity contribution < 1.29 is 108 Å². The average molecular weight is 1870 g/mol. The second-order valence-corrected chi connectivity index (χ2v) is 41.9. The minimum Gasteiger partial charge on any atom is -0.290 e. The molecule has 7 aromatic carbocycles. The number of Topliss-reactive ketones (excluding diaryl/α,β-unsaturated/α-hetero) is 7. The van der Waals surface area contributed by atoms with Gasteiger partial charge in [0, 0.05) is 48.3 Å². The van der Waals surface area contributed by atoms with Crippen LogP contribution in [0, 0.1) is 29.6 Å². The molecule has 5 aliphatic heterocycles. The van der Waals surface area contributed by atoms with E-state index in [0.717, 1.165) is 59.3 Å². The average Bonchev–Trinajstić information content (AvgIpc) is 1.62. The molecule has 0 spiro atoms. The van der Waals surface area contributed by atoms with Gasteiger partial charge in [-0.15, -0.1) is 0 Å². The Morgan fingerprint density at radius 3 is 1.00 bits per heavy atom. The minimum absolute atomic E-state index is 0.0939. The van der Waals surface area contributed by atoms with Crippen molar-refractivity contribution in [2.45, 2.75) is 63.6 Å². The maximum atomic E-state index is 13.5. The van der Waals surface area contributed by atoms with Crippen LogP contribution in [0.15, 0.2) is 353 Å². The van der Waals surface area contributed by atoms with Gasteiger partial charge in [0.1, 0.15) is 0 Å². The lowest BCUT2D eigenvalue weighted by Gasteiger charge is -2.28. The Morgan fingerprint density at radius 2 is 0.592 bits per heavy atom. The molecule has 6 heterocycles. The minimum atomic E-state index is -4.01. The highest BCUT2D eigenvalue weighted by molar-refractivity contribution is 7.90.